The fraction of sp³-hybridized carbons (Fsp3) is 0.409. The molecule has 0 N–H and O–H groups in total. The normalized spacial score (nSPS) is 24.9. The monoisotopic (exact) mass is 384 g/mol. The molecule has 3 atom stereocenters. The SMILES string of the molecule is COc1cc(Cl)cc(CN2C[C@@H]3CN(C(C)=O)[C@H](c4ccccc4)[C@@H]3C2)c1. The van der Waals surface area contributed by atoms with E-state index in [2.05, 4.69) is 40.1 Å². The standard InChI is InChI=1S/C22H25ClN2O2/c1-15(26)25-13-18-12-24(11-16-8-19(23)10-20(9-16)27-2)14-21(18)22(25)17-6-4-3-5-7-17/h3-10,18,21-22H,11-14H2,1-2H3/t18-,21-,22-/m1/s1. The first-order valence-corrected chi connectivity index (χ1v) is 9.81. The molecule has 0 spiro atoms. The largest absolute Gasteiger partial charge is 0.497 e. The van der Waals surface area contributed by atoms with Crippen LogP contribution in [-0.2, 0) is 11.3 Å². The number of fused-ring (bicyclic) bond motifs is 1. The molecule has 2 aromatic carbocycles. The summed E-state index contributed by atoms with van der Waals surface area (Å²) in [5.41, 5.74) is 2.41. The van der Waals surface area contributed by atoms with Crippen LogP contribution in [0, 0.1) is 11.8 Å². The summed E-state index contributed by atoms with van der Waals surface area (Å²) in [4.78, 5) is 16.8. The molecular formula is C22H25ClN2O2. The van der Waals surface area contributed by atoms with Crippen molar-refractivity contribution >= 4 is 17.5 Å². The van der Waals surface area contributed by atoms with Crippen LogP contribution >= 0.6 is 11.6 Å². The molecule has 0 radical (unpaired) electrons. The molecule has 2 heterocycles. The summed E-state index contributed by atoms with van der Waals surface area (Å²) >= 11 is 6.22. The van der Waals surface area contributed by atoms with Crippen molar-refractivity contribution in [2.45, 2.75) is 19.5 Å². The Labute approximate surface area is 165 Å². The molecule has 4 rings (SSSR count). The van der Waals surface area contributed by atoms with Crippen LogP contribution in [0.25, 0.3) is 0 Å². The van der Waals surface area contributed by atoms with Crippen LogP contribution in [0.3, 0.4) is 0 Å². The van der Waals surface area contributed by atoms with Gasteiger partial charge in [-0.05, 0) is 35.2 Å². The van der Waals surface area contributed by atoms with Crippen molar-refractivity contribution in [3.63, 3.8) is 0 Å². The molecule has 2 aliphatic heterocycles. The Kier molecular flexibility index (Phi) is 5.11. The van der Waals surface area contributed by atoms with E-state index in [1.54, 1.807) is 14.0 Å². The minimum Gasteiger partial charge on any atom is -0.497 e. The van der Waals surface area contributed by atoms with E-state index in [0.717, 1.165) is 31.9 Å². The van der Waals surface area contributed by atoms with Crippen molar-refractivity contribution in [1.82, 2.24) is 9.80 Å². The van der Waals surface area contributed by atoms with Crippen LogP contribution < -0.4 is 4.74 Å². The molecular weight excluding hydrogens is 360 g/mol. The summed E-state index contributed by atoms with van der Waals surface area (Å²) < 4.78 is 5.34. The fourth-order valence-corrected chi connectivity index (χ4v) is 5.00. The predicted molar refractivity (Wildman–Crippen MR) is 107 cm³/mol. The molecule has 142 valence electrons. The van der Waals surface area contributed by atoms with Crippen LogP contribution in [0.2, 0.25) is 5.02 Å². The maximum Gasteiger partial charge on any atom is 0.219 e. The summed E-state index contributed by atoms with van der Waals surface area (Å²) in [6.45, 7) is 5.38. The third-order valence-corrected chi connectivity index (χ3v) is 6.08. The predicted octanol–water partition coefficient (Wildman–Crippen LogP) is 4.00. The number of hydrogen-bond acceptors (Lipinski definition) is 3. The Morgan fingerprint density at radius 2 is 1.93 bits per heavy atom. The number of amides is 1. The van der Waals surface area contributed by atoms with Gasteiger partial charge in [-0.15, -0.1) is 0 Å². The lowest BCUT2D eigenvalue weighted by Crippen LogP contribution is -2.34. The first-order valence-electron chi connectivity index (χ1n) is 9.43. The second-order valence-corrected chi connectivity index (χ2v) is 8.08. The zero-order valence-corrected chi connectivity index (χ0v) is 16.5. The Morgan fingerprint density at radius 3 is 2.63 bits per heavy atom. The lowest BCUT2D eigenvalue weighted by atomic mass is 9.89. The average molecular weight is 385 g/mol. The summed E-state index contributed by atoms with van der Waals surface area (Å²) in [7, 11) is 1.66. The lowest BCUT2D eigenvalue weighted by Gasteiger charge is -2.29. The third kappa shape index (κ3) is 3.69. The van der Waals surface area contributed by atoms with Crippen LogP contribution in [-0.4, -0.2) is 42.5 Å². The molecule has 0 bridgehead atoms. The first kappa shape index (κ1) is 18.3. The highest BCUT2D eigenvalue weighted by molar-refractivity contribution is 6.30. The maximum absolute atomic E-state index is 12.2. The number of rotatable bonds is 4. The Hall–Kier alpha value is -2.04. The highest BCUT2D eigenvalue weighted by Gasteiger charge is 2.48. The van der Waals surface area contributed by atoms with Gasteiger partial charge in [0.25, 0.3) is 0 Å². The van der Waals surface area contributed by atoms with Crippen molar-refractivity contribution in [3.05, 3.63) is 64.7 Å². The van der Waals surface area contributed by atoms with E-state index in [0.29, 0.717) is 16.9 Å². The van der Waals surface area contributed by atoms with Gasteiger partial charge in [0, 0.05) is 44.0 Å². The molecule has 1 amide bonds. The molecule has 2 aliphatic rings. The Morgan fingerprint density at radius 1 is 1.15 bits per heavy atom. The van der Waals surface area contributed by atoms with Crippen LogP contribution in [0.4, 0.5) is 0 Å². The van der Waals surface area contributed by atoms with Gasteiger partial charge in [0.15, 0.2) is 0 Å². The molecule has 5 heteroatoms. The number of likely N-dealkylation sites (tertiary alicyclic amines) is 2. The minimum absolute atomic E-state index is 0.171. The Bertz CT molecular complexity index is 826. The van der Waals surface area contributed by atoms with Gasteiger partial charge in [0.1, 0.15) is 5.75 Å². The number of hydrogen-bond donors (Lipinski definition) is 0. The molecule has 2 fully saturated rings. The van der Waals surface area contributed by atoms with Crippen molar-refractivity contribution in [3.8, 4) is 5.75 Å². The number of carbonyl (C=O) groups excluding carboxylic acids is 1. The Balaban J connectivity index is 1.53. The van der Waals surface area contributed by atoms with Gasteiger partial charge in [0.05, 0.1) is 13.2 Å². The highest BCUT2D eigenvalue weighted by Crippen LogP contribution is 2.45. The van der Waals surface area contributed by atoms with E-state index in [4.69, 9.17) is 16.3 Å². The highest BCUT2D eigenvalue weighted by atomic mass is 35.5. The maximum atomic E-state index is 12.2. The number of benzene rings is 2. The minimum atomic E-state index is 0.171. The van der Waals surface area contributed by atoms with Crippen LogP contribution in [0.5, 0.6) is 5.75 Å². The van der Waals surface area contributed by atoms with E-state index in [1.807, 2.05) is 18.2 Å². The van der Waals surface area contributed by atoms with Crippen molar-refractivity contribution in [2.24, 2.45) is 11.8 Å². The smallest absolute Gasteiger partial charge is 0.219 e. The molecule has 2 saturated heterocycles. The van der Waals surface area contributed by atoms with Gasteiger partial charge in [0.2, 0.25) is 5.91 Å². The number of halogens is 1. The molecule has 0 aromatic heterocycles. The van der Waals surface area contributed by atoms with E-state index in [-0.39, 0.29) is 11.9 Å². The van der Waals surface area contributed by atoms with Gasteiger partial charge in [-0.3, -0.25) is 9.69 Å². The van der Waals surface area contributed by atoms with Gasteiger partial charge in [-0.25, -0.2) is 0 Å². The number of ether oxygens (including phenoxy) is 1. The zero-order chi connectivity index (χ0) is 19.0. The number of nitrogens with zero attached hydrogens (tertiary/aromatic N) is 2. The van der Waals surface area contributed by atoms with E-state index >= 15 is 0 Å². The van der Waals surface area contributed by atoms with Crippen molar-refractivity contribution in [1.29, 1.82) is 0 Å². The van der Waals surface area contributed by atoms with Gasteiger partial charge in [-0.1, -0.05) is 41.9 Å². The average Bonchev–Trinajstić information content (AvgIpc) is 3.19. The first-order chi connectivity index (χ1) is 13.0. The fourth-order valence-electron chi connectivity index (χ4n) is 4.76. The van der Waals surface area contributed by atoms with Gasteiger partial charge in [-0.2, -0.15) is 0 Å². The molecule has 2 aromatic rings. The van der Waals surface area contributed by atoms with E-state index in [1.165, 1.54) is 11.1 Å². The molecule has 0 unspecified atom stereocenters. The van der Waals surface area contributed by atoms with E-state index in [9.17, 15) is 4.79 Å². The van der Waals surface area contributed by atoms with Gasteiger partial charge >= 0.3 is 0 Å². The van der Waals surface area contributed by atoms with Crippen molar-refractivity contribution < 1.29 is 9.53 Å². The summed E-state index contributed by atoms with van der Waals surface area (Å²) in [6.07, 6.45) is 0. The summed E-state index contributed by atoms with van der Waals surface area (Å²) in [5.74, 6) is 1.95. The zero-order valence-electron chi connectivity index (χ0n) is 15.8. The molecule has 4 nitrogen and oxygen atoms in total. The lowest BCUT2D eigenvalue weighted by molar-refractivity contribution is -0.130. The quantitative estimate of drug-likeness (QED) is 0.798. The second-order valence-electron chi connectivity index (χ2n) is 7.64. The number of carbonyl (C=O) groups is 1. The van der Waals surface area contributed by atoms with Crippen LogP contribution in [0.15, 0.2) is 48.5 Å². The molecule has 0 saturated carbocycles. The summed E-state index contributed by atoms with van der Waals surface area (Å²) in [5, 5.41) is 0.702. The third-order valence-electron chi connectivity index (χ3n) is 5.86. The van der Waals surface area contributed by atoms with Crippen molar-refractivity contribution in [2.75, 3.05) is 26.7 Å². The van der Waals surface area contributed by atoms with Crippen LogP contribution in [0.1, 0.15) is 24.1 Å². The molecule has 27 heavy (non-hydrogen) atoms. The second kappa shape index (κ2) is 7.53. The van der Waals surface area contributed by atoms with Gasteiger partial charge < -0.3 is 9.64 Å². The number of methoxy groups -OCH3 is 1. The summed E-state index contributed by atoms with van der Waals surface area (Å²) in [6, 6.07) is 16.5. The molecule has 0 aliphatic carbocycles. The van der Waals surface area contributed by atoms with E-state index < -0.39 is 0 Å². The topological polar surface area (TPSA) is 32.8 Å².